The summed E-state index contributed by atoms with van der Waals surface area (Å²) < 4.78 is 25.8. The molecule has 0 saturated carbocycles. The Hall–Kier alpha value is -1.16. The van der Waals surface area contributed by atoms with Crippen molar-refractivity contribution in [3.05, 3.63) is 29.8 Å². The normalized spacial score (nSPS) is 12.6. The molecule has 0 amide bonds. The lowest BCUT2D eigenvalue weighted by atomic mass is 10.2. The fourth-order valence-electron chi connectivity index (χ4n) is 1.29. The quantitative estimate of drug-likeness (QED) is 0.805. The maximum absolute atomic E-state index is 13.2. The SMILES string of the molecule is CC(O)CN(C)c1ccc(F)cc1F. The second-order valence-electron chi connectivity index (χ2n) is 3.33. The summed E-state index contributed by atoms with van der Waals surface area (Å²) in [5.41, 5.74) is 0.285. The number of nitrogens with zero attached hydrogens (tertiary/aromatic N) is 1. The molecule has 0 spiro atoms. The van der Waals surface area contributed by atoms with Gasteiger partial charge >= 0.3 is 0 Å². The van der Waals surface area contributed by atoms with Gasteiger partial charge in [0.25, 0.3) is 0 Å². The molecule has 0 aliphatic rings. The van der Waals surface area contributed by atoms with Gasteiger partial charge < -0.3 is 10.0 Å². The molecule has 1 aromatic carbocycles. The molecule has 4 heteroatoms. The molecule has 0 aromatic heterocycles. The van der Waals surface area contributed by atoms with Crippen LogP contribution >= 0.6 is 0 Å². The standard InChI is InChI=1S/C10H13F2NO/c1-7(14)6-13(2)10-4-3-8(11)5-9(10)12/h3-5,7,14H,6H2,1-2H3. The molecular weight excluding hydrogens is 188 g/mol. The number of halogens is 2. The highest BCUT2D eigenvalue weighted by molar-refractivity contribution is 5.47. The minimum atomic E-state index is -0.617. The Morgan fingerprint density at radius 2 is 2.07 bits per heavy atom. The molecule has 0 fully saturated rings. The summed E-state index contributed by atoms with van der Waals surface area (Å²) in [4.78, 5) is 1.54. The third kappa shape index (κ3) is 2.67. The largest absolute Gasteiger partial charge is 0.392 e. The Morgan fingerprint density at radius 1 is 1.43 bits per heavy atom. The number of benzene rings is 1. The molecule has 0 aliphatic carbocycles. The van der Waals surface area contributed by atoms with E-state index in [0.717, 1.165) is 6.07 Å². The Kier molecular flexibility index (Phi) is 3.41. The van der Waals surface area contributed by atoms with Gasteiger partial charge in [-0.05, 0) is 19.1 Å². The monoisotopic (exact) mass is 201 g/mol. The molecule has 0 saturated heterocycles. The van der Waals surface area contributed by atoms with E-state index in [2.05, 4.69) is 0 Å². The first kappa shape index (κ1) is 10.9. The summed E-state index contributed by atoms with van der Waals surface area (Å²) in [5.74, 6) is -1.22. The predicted octanol–water partition coefficient (Wildman–Crippen LogP) is 1.78. The van der Waals surface area contributed by atoms with E-state index in [4.69, 9.17) is 5.11 Å². The molecule has 1 aromatic rings. The molecule has 0 heterocycles. The van der Waals surface area contributed by atoms with Crippen molar-refractivity contribution < 1.29 is 13.9 Å². The molecule has 0 bridgehead atoms. The summed E-state index contributed by atoms with van der Waals surface area (Å²) in [6.07, 6.45) is -0.551. The van der Waals surface area contributed by atoms with Crippen molar-refractivity contribution in [2.75, 3.05) is 18.5 Å². The van der Waals surface area contributed by atoms with E-state index in [-0.39, 0.29) is 5.69 Å². The van der Waals surface area contributed by atoms with Crippen LogP contribution in [0.15, 0.2) is 18.2 Å². The van der Waals surface area contributed by atoms with Crippen LogP contribution < -0.4 is 4.90 Å². The number of rotatable bonds is 3. The summed E-state index contributed by atoms with van der Waals surface area (Å²) in [6, 6.07) is 3.37. The van der Waals surface area contributed by atoms with Gasteiger partial charge in [0.1, 0.15) is 11.6 Å². The van der Waals surface area contributed by atoms with Crippen LogP contribution in [0.1, 0.15) is 6.92 Å². The zero-order valence-electron chi connectivity index (χ0n) is 8.17. The first-order valence-corrected chi connectivity index (χ1v) is 4.35. The van der Waals surface area contributed by atoms with E-state index in [9.17, 15) is 8.78 Å². The number of hydrogen-bond acceptors (Lipinski definition) is 2. The number of likely N-dealkylation sites (N-methyl/N-ethyl adjacent to an activating group) is 1. The Balaban J connectivity index is 2.84. The molecule has 1 rings (SSSR count). The van der Waals surface area contributed by atoms with Crippen LogP contribution in [-0.2, 0) is 0 Å². The smallest absolute Gasteiger partial charge is 0.149 e. The van der Waals surface area contributed by atoms with E-state index in [0.29, 0.717) is 6.54 Å². The van der Waals surface area contributed by atoms with E-state index < -0.39 is 17.7 Å². The van der Waals surface area contributed by atoms with Gasteiger partial charge in [0.05, 0.1) is 11.8 Å². The van der Waals surface area contributed by atoms with Crippen LogP contribution in [0.2, 0.25) is 0 Å². The van der Waals surface area contributed by atoms with E-state index >= 15 is 0 Å². The Bertz CT molecular complexity index is 315. The van der Waals surface area contributed by atoms with Gasteiger partial charge in [-0.2, -0.15) is 0 Å². The molecular formula is C10H13F2NO. The van der Waals surface area contributed by atoms with Crippen molar-refractivity contribution in [2.24, 2.45) is 0 Å². The van der Waals surface area contributed by atoms with Crippen LogP contribution in [-0.4, -0.2) is 24.8 Å². The number of aliphatic hydroxyl groups excluding tert-OH is 1. The van der Waals surface area contributed by atoms with Crippen molar-refractivity contribution in [1.29, 1.82) is 0 Å². The average Bonchev–Trinajstić information content (AvgIpc) is 2.01. The van der Waals surface area contributed by atoms with Crippen molar-refractivity contribution >= 4 is 5.69 Å². The Labute approximate surface area is 81.8 Å². The summed E-state index contributed by atoms with van der Waals surface area (Å²) in [5, 5.41) is 9.09. The lowest BCUT2D eigenvalue weighted by Gasteiger charge is -2.21. The summed E-state index contributed by atoms with van der Waals surface area (Å²) in [7, 11) is 1.64. The lowest BCUT2D eigenvalue weighted by Crippen LogP contribution is -2.27. The van der Waals surface area contributed by atoms with Crippen LogP contribution in [0.5, 0.6) is 0 Å². The zero-order chi connectivity index (χ0) is 10.7. The van der Waals surface area contributed by atoms with Gasteiger partial charge in [-0.15, -0.1) is 0 Å². The van der Waals surface area contributed by atoms with Gasteiger partial charge in [0.2, 0.25) is 0 Å². The highest BCUT2D eigenvalue weighted by atomic mass is 19.1. The molecule has 2 nitrogen and oxygen atoms in total. The van der Waals surface area contributed by atoms with Crippen molar-refractivity contribution in [3.63, 3.8) is 0 Å². The number of hydrogen-bond donors (Lipinski definition) is 1. The molecule has 1 N–H and O–H groups in total. The highest BCUT2D eigenvalue weighted by Gasteiger charge is 2.09. The molecule has 14 heavy (non-hydrogen) atoms. The molecule has 0 radical (unpaired) electrons. The topological polar surface area (TPSA) is 23.5 Å². The first-order valence-electron chi connectivity index (χ1n) is 4.35. The van der Waals surface area contributed by atoms with E-state index in [1.165, 1.54) is 12.1 Å². The molecule has 1 unspecified atom stereocenters. The zero-order valence-corrected chi connectivity index (χ0v) is 8.17. The number of anilines is 1. The fraction of sp³-hybridized carbons (Fsp3) is 0.400. The summed E-state index contributed by atoms with van der Waals surface area (Å²) >= 11 is 0. The maximum Gasteiger partial charge on any atom is 0.149 e. The fourth-order valence-corrected chi connectivity index (χ4v) is 1.29. The third-order valence-electron chi connectivity index (χ3n) is 1.86. The van der Waals surface area contributed by atoms with Crippen LogP contribution in [0.25, 0.3) is 0 Å². The van der Waals surface area contributed by atoms with E-state index in [1.54, 1.807) is 18.9 Å². The highest BCUT2D eigenvalue weighted by Crippen LogP contribution is 2.18. The minimum Gasteiger partial charge on any atom is -0.392 e. The van der Waals surface area contributed by atoms with Gasteiger partial charge in [-0.25, -0.2) is 8.78 Å². The van der Waals surface area contributed by atoms with Crippen LogP contribution in [0.4, 0.5) is 14.5 Å². The third-order valence-corrected chi connectivity index (χ3v) is 1.86. The van der Waals surface area contributed by atoms with Crippen molar-refractivity contribution in [1.82, 2.24) is 0 Å². The molecule has 0 aliphatic heterocycles. The van der Waals surface area contributed by atoms with Gasteiger partial charge in [-0.1, -0.05) is 0 Å². The van der Waals surface area contributed by atoms with E-state index in [1.807, 2.05) is 0 Å². The Morgan fingerprint density at radius 3 is 2.57 bits per heavy atom. The maximum atomic E-state index is 13.2. The minimum absolute atomic E-state index is 0.285. The van der Waals surface area contributed by atoms with Crippen LogP contribution in [0, 0.1) is 11.6 Å². The second-order valence-corrected chi connectivity index (χ2v) is 3.33. The summed E-state index contributed by atoms with van der Waals surface area (Å²) in [6.45, 7) is 1.92. The first-order chi connectivity index (χ1) is 6.50. The number of aliphatic hydroxyl groups is 1. The predicted molar refractivity (Wildman–Crippen MR) is 51.3 cm³/mol. The van der Waals surface area contributed by atoms with Gasteiger partial charge in [0.15, 0.2) is 0 Å². The van der Waals surface area contributed by atoms with Crippen molar-refractivity contribution in [2.45, 2.75) is 13.0 Å². The molecule has 78 valence electrons. The second kappa shape index (κ2) is 4.37. The molecule has 1 atom stereocenters. The van der Waals surface area contributed by atoms with Gasteiger partial charge in [0, 0.05) is 19.7 Å². The van der Waals surface area contributed by atoms with Crippen molar-refractivity contribution in [3.8, 4) is 0 Å². The lowest BCUT2D eigenvalue weighted by molar-refractivity contribution is 0.201. The average molecular weight is 201 g/mol. The van der Waals surface area contributed by atoms with Crippen LogP contribution in [0.3, 0.4) is 0 Å². The van der Waals surface area contributed by atoms with Gasteiger partial charge in [-0.3, -0.25) is 0 Å².